The van der Waals surface area contributed by atoms with E-state index in [-0.39, 0.29) is 4.28 Å². The van der Waals surface area contributed by atoms with Gasteiger partial charge >= 0.3 is 117 Å². The molecule has 0 radical (unpaired) electrons. The molecular formula is C16H16Hf. The molecule has 0 saturated heterocycles. The van der Waals surface area contributed by atoms with E-state index >= 15 is 0 Å². The molecule has 0 unspecified atom stereocenters. The number of hydrogen-bond acceptors (Lipinski definition) is 0. The van der Waals surface area contributed by atoms with Crippen LogP contribution >= 0.6 is 0 Å². The van der Waals surface area contributed by atoms with Crippen LogP contribution in [0.25, 0.3) is 11.1 Å². The summed E-state index contributed by atoms with van der Waals surface area (Å²) in [4.78, 5) is 0. The first-order valence-corrected chi connectivity index (χ1v) is 7.72. The Bertz CT molecular complexity index is 583. The van der Waals surface area contributed by atoms with Gasteiger partial charge < -0.3 is 4.28 Å². The van der Waals surface area contributed by atoms with Gasteiger partial charge in [0, 0.05) is 0 Å². The Balaban J connectivity index is 0.00000120. The van der Waals surface area contributed by atoms with Crippen molar-refractivity contribution in [3.8, 4) is 0 Å². The summed E-state index contributed by atoms with van der Waals surface area (Å²) in [5, 5.41) is 0. The van der Waals surface area contributed by atoms with Gasteiger partial charge in [0.1, 0.15) is 0 Å². The number of benzene rings is 1. The molecule has 2 aliphatic rings. The minimum absolute atomic E-state index is 0. The Morgan fingerprint density at radius 3 is 2.29 bits per heavy atom. The first-order chi connectivity index (χ1) is 8.36. The van der Waals surface area contributed by atoms with Gasteiger partial charge in [-0.1, -0.05) is 0 Å². The summed E-state index contributed by atoms with van der Waals surface area (Å²) in [5.41, 5.74) is 5.89. The summed E-state index contributed by atoms with van der Waals surface area (Å²) in [7, 11) is 0. The second-order valence-corrected chi connectivity index (χ2v) is 6.31. The van der Waals surface area contributed by atoms with Crippen molar-refractivity contribution < 1.29 is 28.7 Å². The standard InChI is InChI=1S/C16H13.Hf.3H/c1-2-8-13(7-1)15-11-5-6-12-16(15)14-9-3-4-10-14;;;;/h1-7,9,11H,8,10H2;;;;/q;+3;3*-1. The fourth-order valence-electron chi connectivity index (χ4n) is 2.45. The summed E-state index contributed by atoms with van der Waals surface area (Å²) < 4.78 is 1.52. The first kappa shape index (κ1) is 11.2. The Morgan fingerprint density at radius 2 is 1.65 bits per heavy atom. The second-order valence-electron chi connectivity index (χ2n) is 4.38. The van der Waals surface area contributed by atoms with Crippen molar-refractivity contribution in [1.82, 2.24) is 0 Å². The SMILES string of the molecule is [H-].[H-].[H-].[Hf+3][c]1cccc(C2=CC=CC2)c1C1=CC=CC1. The summed E-state index contributed by atoms with van der Waals surface area (Å²) in [6.07, 6.45) is 15.5. The molecule has 0 N–H and O–H groups in total. The van der Waals surface area contributed by atoms with Crippen LogP contribution in [0.1, 0.15) is 28.2 Å². The molecule has 1 aromatic rings. The fourth-order valence-corrected chi connectivity index (χ4v) is 3.85. The van der Waals surface area contributed by atoms with E-state index in [1.54, 1.807) is 0 Å². The molecule has 0 saturated carbocycles. The van der Waals surface area contributed by atoms with Gasteiger partial charge in [-0.25, -0.2) is 0 Å². The molecule has 17 heavy (non-hydrogen) atoms. The predicted molar refractivity (Wildman–Crippen MR) is 72.9 cm³/mol. The Labute approximate surface area is 121 Å². The van der Waals surface area contributed by atoms with Crippen LogP contribution in [0, 0.1) is 0 Å². The van der Waals surface area contributed by atoms with Gasteiger partial charge in [0.15, 0.2) is 0 Å². The van der Waals surface area contributed by atoms with E-state index in [0.29, 0.717) is 0 Å². The van der Waals surface area contributed by atoms with Gasteiger partial charge in [-0.15, -0.1) is 0 Å². The van der Waals surface area contributed by atoms with Gasteiger partial charge in [-0.05, 0) is 0 Å². The molecule has 84 valence electrons. The van der Waals surface area contributed by atoms with Crippen molar-refractivity contribution in [3.63, 3.8) is 0 Å². The summed E-state index contributed by atoms with van der Waals surface area (Å²) in [5.74, 6) is 0. The monoisotopic (exact) mass is 388 g/mol. The van der Waals surface area contributed by atoms with E-state index < -0.39 is 0 Å². The third-order valence-electron chi connectivity index (χ3n) is 3.27. The van der Waals surface area contributed by atoms with Gasteiger partial charge in [0.05, 0.1) is 0 Å². The van der Waals surface area contributed by atoms with E-state index in [0.717, 1.165) is 37.2 Å². The first-order valence-electron chi connectivity index (χ1n) is 5.93. The molecule has 0 bridgehead atoms. The molecule has 0 aliphatic heterocycles. The van der Waals surface area contributed by atoms with Crippen LogP contribution in [-0.2, 0) is 24.4 Å². The Morgan fingerprint density at radius 1 is 0.941 bits per heavy atom. The van der Waals surface area contributed by atoms with Crippen LogP contribution in [-0.4, -0.2) is 0 Å². The molecule has 3 rings (SSSR count). The van der Waals surface area contributed by atoms with Crippen LogP contribution in [0.5, 0.6) is 0 Å². The van der Waals surface area contributed by atoms with Crippen molar-refractivity contribution in [2.24, 2.45) is 0 Å². The zero-order valence-corrected chi connectivity index (χ0v) is 13.2. The molecule has 0 atom stereocenters. The van der Waals surface area contributed by atoms with Crippen LogP contribution in [0.3, 0.4) is 0 Å². The number of allylic oxidation sites excluding steroid dienone is 8. The number of hydrogen-bond donors (Lipinski definition) is 0. The third-order valence-corrected chi connectivity index (χ3v) is 4.77. The molecule has 0 aromatic heterocycles. The molecule has 0 heterocycles. The molecule has 1 heteroatoms. The molecular weight excluding hydrogens is 371 g/mol. The Hall–Kier alpha value is -0.950. The van der Waals surface area contributed by atoms with E-state index in [4.69, 9.17) is 0 Å². The van der Waals surface area contributed by atoms with Crippen molar-refractivity contribution in [2.45, 2.75) is 12.8 Å². The third kappa shape index (κ3) is 2.09. The van der Waals surface area contributed by atoms with Gasteiger partial charge in [-0.2, -0.15) is 0 Å². The van der Waals surface area contributed by atoms with Crippen LogP contribution in [0.2, 0.25) is 0 Å². The molecule has 0 nitrogen and oxygen atoms in total. The summed E-state index contributed by atoms with van der Waals surface area (Å²) >= 11 is 1.11. The second kappa shape index (κ2) is 4.73. The van der Waals surface area contributed by atoms with Gasteiger partial charge in [-0.3, -0.25) is 0 Å². The maximum atomic E-state index is 2.27. The van der Waals surface area contributed by atoms with Crippen LogP contribution < -0.4 is 3.32 Å². The maximum absolute atomic E-state index is 2.27. The van der Waals surface area contributed by atoms with Crippen LogP contribution in [0.4, 0.5) is 0 Å². The van der Waals surface area contributed by atoms with Crippen molar-refractivity contribution in [2.75, 3.05) is 0 Å². The fraction of sp³-hybridized carbons (Fsp3) is 0.125. The van der Waals surface area contributed by atoms with Gasteiger partial charge in [0.2, 0.25) is 0 Å². The predicted octanol–water partition coefficient (Wildman–Crippen LogP) is 3.88. The van der Waals surface area contributed by atoms with Crippen molar-refractivity contribution in [3.05, 3.63) is 65.8 Å². The van der Waals surface area contributed by atoms with Crippen LogP contribution in [0.15, 0.2) is 54.7 Å². The van der Waals surface area contributed by atoms with Crippen molar-refractivity contribution in [1.29, 1.82) is 0 Å². The molecule has 1 aromatic carbocycles. The molecule has 2 aliphatic carbocycles. The topological polar surface area (TPSA) is 0 Å². The minimum atomic E-state index is 0. The zero-order valence-electron chi connectivity index (χ0n) is 12.6. The summed E-state index contributed by atoms with van der Waals surface area (Å²) in [6, 6.07) is 6.74. The average molecular weight is 387 g/mol. The normalized spacial score (nSPS) is 17.5. The zero-order chi connectivity index (χ0) is 11.7. The Kier molecular flexibility index (Phi) is 3.11. The average Bonchev–Trinajstić information content (AvgIpc) is 3.02. The molecule has 0 amide bonds. The van der Waals surface area contributed by atoms with E-state index in [9.17, 15) is 0 Å². The van der Waals surface area contributed by atoms with Crippen molar-refractivity contribution >= 4 is 14.5 Å². The summed E-state index contributed by atoms with van der Waals surface area (Å²) in [6.45, 7) is 0. The molecule has 0 spiro atoms. The molecule has 0 fully saturated rings. The van der Waals surface area contributed by atoms with E-state index in [2.05, 4.69) is 54.7 Å². The van der Waals surface area contributed by atoms with E-state index in [1.165, 1.54) is 25.6 Å². The number of rotatable bonds is 2. The van der Waals surface area contributed by atoms with Gasteiger partial charge in [0.25, 0.3) is 0 Å². The quantitative estimate of drug-likeness (QED) is 0.677. The van der Waals surface area contributed by atoms with E-state index in [1.807, 2.05) is 0 Å².